The van der Waals surface area contributed by atoms with E-state index in [1.807, 2.05) is 30.6 Å². The molecule has 0 radical (unpaired) electrons. The highest BCUT2D eigenvalue weighted by atomic mass is 16.5. The first-order valence-electron chi connectivity index (χ1n) is 8.00. The molecule has 0 spiro atoms. The molecule has 116 valence electrons. The van der Waals surface area contributed by atoms with Crippen LogP contribution in [0.2, 0.25) is 0 Å². The molecule has 4 heteroatoms. The second-order valence-electron chi connectivity index (χ2n) is 5.82. The minimum Gasteiger partial charge on any atom is -0.496 e. The van der Waals surface area contributed by atoms with Crippen molar-refractivity contribution in [3.63, 3.8) is 0 Å². The molecule has 1 N–H and O–H groups in total. The number of methoxy groups -OCH3 is 1. The lowest BCUT2D eigenvalue weighted by atomic mass is 10.1. The number of rotatable bonds is 6. The van der Waals surface area contributed by atoms with Crippen molar-refractivity contribution in [3.05, 3.63) is 53.6 Å². The Morgan fingerprint density at radius 1 is 1.23 bits per heavy atom. The number of hydrogen-bond acceptors (Lipinski definition) is 4. The van der Waals surface area contributed by atoms with Gasteiger partial charge in [-0.2, -0.15) is 0 Å². The van der Waals surface area contributed by atoms with E-state index in [2.05, 4.69) is 16.4 Å². The zero-order chi connectivity index (χ0) is 15.2. The molecule has 2 aromatic rings. The number of ether oxygens (including phenoxy) is 1. The minimum atomic E-state index is 0.652. The van der Waals surface area contributed by atoms with Gasteiger partial charge in [0.2, 0.25) is 0 Å². The van der Waals surface area contributed by atoms with Crippen LogP contribution in [0.3, 0.4) is 0 Å². The lowest BCUT2D eigenvalue weighted by Crippen LogP contribution is -2.21. The maximum absolute atomic E-state index is 5.41. The Balaban J connectivity index is 1.65. The van der Waals surface area contributed by atoms with Crippen LogP contribution in [0.1, 0.15) is 36.2 Å². The molecule has 0 aliphatic carbocycles. The fourth-order valence-electron chi connectivity index (χ4n) is 3.03. The van der Waals surface area contributed by atoms with Gasteiger partial charge in [-0.15, -0.1) is 0 Å². The molecule has 4 nitrogen and oxygen atoms in total. The maximum Gasteiger partial charge on any atom is 0.122 e. The average Bonchev–Trinajstić information content (AvgIpc) is 3.07. The number of benzene rings is 1. The number of para-hydroxylation sites is 1. The highest BCUT2D eigenvalue weighted by Gasteiger charge is 2.14. The van der Waals surface area contributed by atoms with E-state index in [9.17, 15) is 0 Å². The molecule has 1 fully saturated rings. The van der Waals surface area contributed by atoms with Crippen LogP contribution in [0.25, 0.3) is 0 Å². The Labute approximate surface area is 132 Å². The largest absolute Gasteiger partial charge is 0.496 e. The second-order valence-corrected chi connectivity index (χ2v) is 5.82. The Morgan fingerprint density at radius 3 is 2.91 bits per heavy atom. The lowest BCUT2D eigenvalue weighted by molar-refractivity contribution is 0.410. The van der Waals surface area contributed by atoms with Crippen molar-refractivity contribution in [2.75, 3.05) is 13.7 Å². The number of aromatic nitrogens is 2. The zero-order valence-electron chi connectivity index (χ0n) is 13.1. The molecule has 2 heterocycles. The molecule has 1 atom stereocenters. The number of nitrogens with one attached hydrogen (secondary N) is 1. The van der Waals surface area contributed by atoms with Gasteiger partial charge in [0.25, 0.3) is 0 Å². The number of nitrogens with zero attached hydrogens (tertiary/aromatic N) is 2. The lowest BCUT2D eigenvalue weighted by Gasteiger charge is -2.10. The molecule has 1 aromatic carbocycles. The fourth-order valence-corrected chi connectivity index (χ4v) is 3.03. The summed E-state index contributed by atoms with van der Waals surface area (Å²) in [5, 5.41) is 3.53. The summed E-state index contributed by atoms with van der Waals surface area (Å²) in [4.78, 5) is 9.12. The van der Waals surface area contributed by atoms with E-state index in [4.69, 9.17) is 9.72 Å². The molecule has 0 bridgehead atoms. The van der Waals surface area contributed by atoms with Crippen LogP contribution in [-0.4, -0.2) is 29.7 Å². The van der Waals surface area contributed by atoms with Gasteiger partial charge in [0, 0.05) is 30.4 Å². The Bertz CT molecular complexity index is 609. The molecule has 0 amide bonds. The van der Waals surface area contributed by atoms with Crippen LogP contribution in [-0.2, 0) is 12.8 Å². The Morgan fingerprint density at radius 2 is 2.09 bits per heavy atom. The second kappa shape index (κ2) is 7.36. The van der Waals surface area contributed by atoms with Crippen molar-refractivity contribution < 1.29 is 4.74 Å². The van der Waals surface area contributed by atoms with Gasteiger partial charge < -0.3 is 10.1 Å². The predicted molar refractivity (Wildman–Crippen MR) is 87.2 cm³/mol. The van der Waals surface area contributed by atoms with E-state index in [0.29, 0.717) is 6.04 Å². The van der Waals surface area contributed by atoms with Crippen LogP contribution in [0, 0.1) is 0 Å². The van der Waals surface area contributed by atoms with Crippen LogP contribution in [0.4, 0.5) is 0 Å². The van der Waals surface area contributed by atoms with E-state index in [1.165, 1.54) is 12.8 Å². The summed E-state index contributed by atoms with van der Waals surface area (Å²) in [5.41, 5.74) is 3.23. The summed E-state index contributed by atoms with van der Waals surface area (Å²) in [5.74, 6) is 0.907. The molecule has 0 saturated carbocycles. The first kappa shape index (κ1) is 15.0. The van der Waals surface area contributed by atoms with Crippen molar-refractivity contribution in [1.82, 2.24) is 15.3 Å². The third-order valence-electron chi connectivity index (χ3n) is 4.21. The minimum absolute atomic E-state index is 0.652. The van der Waals surface area contributed by atoms with Crippen molar-refractivity contribution in [3.8, 4) is 5.75 Å². The molecular weight excluding hydrogens is 274 g/mol. The van der Waals surface area contributed by atoms with Gasteiger partial charge in [-0.3, -0.25) is 9.97 Å². The summed E-state index contributed by atoms with van der Waals surface area (Å²) in [6.07, 6.45) is 9.21. The normalized spacial score (nSPS) is 17.6. The predicted octanol–water partition coefficient (Wildman–Crippen LogP) is 2.76. The Hall–Kier alpha value is -1.94. The van der Waals surface area contributed by atoms with E-state index in [-0.39, 0.29) is 0 Å². The highest BCUT2D eigenvalue weighted by Crippen LogP contribution is 2.20. The van der Waals surface area contributed by atoms with Crippen molar-refractivity contribution in [2.24, 2.45) is 0 Å². The molecule has 3 rings (SSSR count). The van der Waals surface area contributed by atoms with Gasteiger partial charge in [0.05, 0.1) is 18.5 Å². The molecule has 1 aliphatic heterocycles. The first-order valence-corrected chi connectivity index (χ1v) is 8.00. The number of aryl methyl sites for hydroxylation is 1. The number of hydrogen-bond donors (Lipinski definition) is 1. The summed E-state index contributed by atoms with van der Waals surface area (Å²) < 4.78 is 5.41. The van der Waals surface area contributed by atoms with Gasteiger partial charge in [-0.1, -0.05) is 18.2 Å². The van der Waals surface area contributed by atoms with E-state index in [0.717, 1.165) is 48.5 Å². The van der Waals surface area contributed by atoms with Crippen LogP contribution in [0.5, 0.6) is 5.75 Å². The van der Waals surface area contributed by atoms with Gasteiger partial charge in [-0.05, 0) is 38.3 Å². The van der Waals surface area contributed by atoms with Crippen molar-refractivity contribution >= 4 is 0 Å². The molecule has 1 aromatic heterocycles. The first-order chi connectivity index (χ1) is 10.8. The molecular formula is C18H23N3O. The topological polar surface area (TPSA) is 47.0 Å². The summed E-state index contributed by atoms with van der Waals surface area (Å²) >= 11 is 0. The molecule has 1 aliphatic rings. The van der Waals surface area contributed by atoms with Gasteiger partial charge in [-0.25, -0.2) is 0 Å². The fraction of sp³-hybridized carbons (Fsp3) is 0.444. The van der Waals surface area contributed by atoms with Crippen LogP contribution >= 0.6 is 0 Å². The van der Waals surface area contributed by atoms with E-state index in [1.54, 1.807) is 7.11 Å². The monoisotopic (exact) mass is 297 g/mol. The van der Waals surface area contributed by atoms with Crippen LogP contribution < -0.4 is 10.1 Å². The summed E-state index contributed by atoms with van der Waals surface area (Å²) in [6.45, 7) is 1.16. The quantitative estimate of drug-likeness (QED) is 0.890. The molecule has 1 saturated heterocycles. The average molecular weight is 297 g/mol. The maximum atomic E-state index is 5.41. The molecule has 22 heavy (non-hydrogen) atoms. The zero-order valence-corrected chi connectivity index (χ0v) is 13.1. The Kier molecular flexibility index (Phi) is 5.01. The van der Waals surface area contributed by atoms with Crippen molar-refractivity contribution in [1.29, 1.82) is 0 Å². The smallest absolute Gasteiger partial charge is 0.122 e. The summed E-state index contributed by atoms with van der Waals surface area (Å²) in [7, 11) is 1.70. The third kappa shape index (κ3) is 3.83. The van der Waals surface area contributed by atoms with Gasteiger partial charge in [0.15, 0.2) is 0 Å². The van der Waals surface area contributed by atoms with E-state index < -0.39 is 0 Å². The highest BCUT2D eigenvalue weighted by molar-refractivity contribution is 5.35. The van der Waals surface area contributed by atoms with Crippen molar-refractivity contribution in [2.45, 2.75) is 38.1 Å². The standard InChI is InChI=1S/C18H23N3O/c1-22-18-7-3-2-5-14(18)11-17-13-19-12-16(21-17)9-8-15-6-4-10-20-15/h2-3,5,7,12-13,15,20H,4,6,8-11H2,1H3. The van der Waals surface area contributed by atoms with Gasteiger partial charge >= 0.3 is 0 Å². The molecule has 1 unspecified atom stereocenters. The van der Waals surface area contributed by atoms with E-state index >= 15 is 0 Å². The SMILES string of the molecule is COc1ccccc1Cc1cncc(CCC2CCCN2)n1. The van der Waals surface area contributed by atoms with Gasteiger partial charge in [0.1, 0.15) is 5.75 Å². The van der Waals surface area contributed by atoms with Crippen LogP contribution in [0.15, 0.2) is 36.7 Å². The summed E-state index contributed by atoms with van der Waals surface area (Å²) in [6, 6.07) is 8.73. The third-order valence-corrected chi connectivity index (χ3v) is 4.21.